The van der Waals surface area contributed by atoms with Crippen molar-refractivity contribution >= 4 is 23.2 Å². The first-order valence-electron chi connectivity index (χ1n) is 7.96. The van der Waals surface area contributed by atoms with E-state index in [2.05, 4.69) is 10.4 Å². The molecule has 2 unspecified atom stereocenters. The molecule has 24 heavy (non-hydrogen) atoms. The normalized spacial score (nSPS) is 20.7. The molecule has 128 valence electrons. The second kappa shape index (κ2) is 6.39. The van der Waals surface area contributed by atoms with E-state index in [0.29, 0.717) is 6.54 Å². The van der Waals surface area contributed by atoms with Crippen molar-refractivity contribution in [1.29, 1.82) is 0 Å². The van der Waals surface area contributed by atoms with Gasteiger partial charge in [0.15, 0.2) is 0 Å². The van der Waals surface area contributed by atoms with Gasteiger partial charge in [0.2, 0.25) is 11.8 Å². The lowest BCUT2D eigenvalue weighted by Gasteiger charge is -2.23. The second-order valence-corrected chi connectivity index (χ2v) is 7.25. The van der Waals surface area contributed by atoms with Crippen LogP contribution in [-0.2, 0) is 23.2 Å². The number of nitrogens with zero attached hydrogens (tertiary/aromatic N) is 3. The van der Waals surface area contributed by atoms with Crippen LogP contribution in [0.5, 0.6) is 0 Å². The zero-order valence-corrected chi connectivity index (χ0v) is 15.2. The molecule has 2 aromatic heterocycles. The Kier molecular flexibility index (Phi) is 4.45. The van der Waals surface area contributed by atoms with Crippen molar-refractivity contribution in [3.8, 4) is 0 Å². The Morgan fingerprint density at radius 3 is 2.75 bits per heavy atom. The highest BCUT2D eigenvalue weighted by atomic mass is 32.1. The molecule has 1 fully saturated rings. The van der Waals surface area contributed by atoms with Crippen molar-refractivity contribution in [2.45, 2.75) is 32.9 Å². The summed E-state index contributed by atoms with van der Waals surface area (Å²) in [6.07, 6.45) is 0.260. The minimum absolute atomic E-state index is 0.0160. The average Bonchev–Trinajstić information content (AvgIpc) is 3.21. The van der Waals surface area contributed by atoms with Crippen molar-refractivity contribution in [1.82, 2.24) is 20.0 Å². The molecule has 3 rings (SSSR count). The van der Waals surface area contributed by atoms with Gasteiger partial charge in [0, 0.05) is 43.2 Å². The molecule has 0 bridgehead atoms. The van der Waals surface area contributed by atoms with Crippen LogP contribution >= 0.6 is 11.3 Å². The van der Waals surface area contributed by atoms with Gasteiger partial charge in [-0.25, -0.2) is 0 Å². The van der Waals surface area contributed by atoms with Crippen molar-refractivity contribution < 1.29 is 9.59 Å². The monoisotopic (exact) mass is 346 g/mol. The summed E-state index contributed by atoms with van der Waals surface area (Å²) in [6.45, 7) is 4.37. The SMILES string of the molecule is Cc1nn(C)c(C)c1CNC(=O)C1CC(=O)N(C)C1c1cccs1. The molecule has 0 saturated carbocycles. The number of nitrogens with one attached hydrogen (secondary N) is 1. The van der Waals surface area contributed by atoms with E-state index in [1.807, 2.05) is 43.1 Å². The zero-order valence-electron chi connectivity index (χ0n) is 14.4. The number of amides is 2. The Balaban J connectivity index is 1.75. The molecule has 2 amide bonds. The number of rotatable bonds is 4. The van der Waals surface area contributed by atoms with Crippen molar-refractivity contribution in [2.75, 3.05) is 7.05 Å². The summed E-state index contributed by atoms with van der Waals surface area (Å²) in [5.74, 6) is -0.408. The molecule has 0 spiro atoms. The Morgan fingerprint density at radius 2 is 2.17 bits per heavy atom. The van der Waals surface area contributed by atoms with Crippen LogP contribution in [0.4, 0.5) is 0 Å². The van der Waals surface area contributed by atoms with Crippen LogP contribution in [0.3, 0.4) is 0 Å². The fraction of sp³-hybridized carbons (Fsp3) is 0.471. The molecule has 1 N–H and O–H groups in total. The molecule has 7 heteroatoms. The first-order valence-corrected chi connectivity index (χ1v) is 8.84. The van der Waals surface area contributed by atoms with Crippen LogP contribution in [0, 0.1) is 19.8 Å². The third-order valence-corrected chi connectivity index (χ3v) is 5.80. The molecule has 6 nitrogen and oxygen atoms in total. The molecule has 2 aromatic rings. The lowest BCUT2D eigenvalue weighted by atomic mass is 9.97. The van der Waals surface area contributed by atoms with Gasteiger partial charge in [0.25, 0.3) is 0 Å². The van der Waals surface area contributed by atoms with E-state index < -0.39 is 0 Å². The summed E-state index contributed by atoms with van der Waals surface area (Å²) < 4.78 is 1.82. The van der Waals surface area contributed by atoms with E-state index in [0.717, 1.165) is 21.8 Å². The fourth-order valence-electron chi connectivity index (χ4n) is 3.33. The van der Waals surface area contributed by atoms with Crippen LogP contribution in [0.2, 0.25) is 0 Å². The highest BCUT2D eigenvalue weighted by Crippen LogP contribution is 2.39. The highest BCUT2D eigenvalue weighted by molar-refractivity contribution is 7.10. The highest BCUT2D eigenvalue weighted by Gasteiger charge is 2.43. The van der Waals surface area contributed by atoms with Crippen LogP contribution in [0.25, 0.3) is 0 Å². The molecule has 1 aliphatic heterocycles. The zero-order chi connectivity index (χ0) is 17.4. The van der Waals surface area contributed by atoms with Crippen LogP contribution in [-0.4, -0.2) is 33.5 Å². The number of aromatic nitrogens is 2. The summed E-state index contributed by atoms with van der Waals surface area (Å²) in [5.41, 5.74) is 3.00. The van der Waals surface area contributed by atoms with E-state index in [1.165, 1.54) is 0 Å². The first-order chi connectivity index (χ1) is 11.4. The lowest BCUT2D eigenvalue weighted by molar-refractivity contribution is -0.128. The maximum atomic E-state index is 12.7. The van der Waals surface area contributed by atoms with E-state index in [-0.39, 0.29) is 30.2 Å². The maximum Gasteiger partial charge on any atom is 0.226 e. The average molecular weight is 346 g/mol. The smallest absolute Gasteiger partial charge is 0.226 e. The predicted molar refractivity (Wildman–Crippen MR) is 92.5 cm³/mol. The largest absolute Gasteiger partial charge is 0.352 e. The van der Waals surface area contributed by atoms with Gasteiger partial charge >= 0.3 is 0 Å². The van der Waals surface area contributed by atoms with Gasteiger partial charge in [-0.05, 0) is 25.3 Å². The number of likely N-dealkylation sites (tertiary alicyclic amines) is 1. The molecule has 3 heterocycles. The number of hydrogen-bond acceptors (Lipinski definition) is 4. The Morgan fingerprint density at radius 1 is 1.42 bits per heavy atom. The van der Waals surface area contributed by atoms with Crippen molar-refractivity contribution in [2.24, 2.45) is 13.0 Å². The van der Waals surface area contributed by atoms with Gasteiger partial charge in [-0.15, -0.1) is 11.3 Å². The topological polar surface area (TPSA) is 67.2 Å². The van der Waals surface area contributed by atoms with E-state index >= 15 is 0 Å². The first kappa shape index (κ1) is 16.7. The van der Waals surface area contributed by atoms with Crippen LogP contribution < -0.4 is 5.32 Å². The Hall–Kier alpha value is -2.15. The Labute approximate surface area is 145 Å². The fourth-order valence-corrected chi connectivity index (χ4v) is 4.27. The second-order valence-electron chi connectivity index (χ2n) is 6.27. The number of carbonyl (C=O) groups excluding carboxylic acids is 2. The molecular weight excluding hydrogens is 324 g/mol. The van der Waals surface area contributed by atoms with Gasteiger partial charge in [-0.2, -0.15) is 5.10 Å². The molecule has 0 aromatic carbocycles. The van der Waals surface area contributed by atoms with Gasteiger partial charge in [0.05, 0.1) is 17.7 Å². The molecule has 0 radical (unpaired) electrons. The van der Waals surface area contributed by atoms with Gasteiger partial charge in [0.1, 0.15) is 0 Å². The number of thiophene rings is 1. The van der Waals surface area contributed by atoms with E-state index in [4.69, 9.17) is 0 Å². The lowest BCUT2D eigenvalue weighted by Crippen LogP contribution is -2.34. The van der Waals surface area contributed by atoms with Crippen molar-refractivity contribution in [3.63, 3.8) is 0 Å². The molecule has 1 saturated heterocycles. The predicted octanol–water partition coefficient (Wildman–Crippen LogP) is 1.93. The molecular formula is C17H22N4O2S. The van der Waals surface area contributed by atoms with Gasteiger partial charge in [-0.1, -0.05) is 6.07 Å². The van der Waals surface area contributed by atoms with E-state index in [9.17, 15) is 9.59 Å². The third kappa shape index (κ3) is 2.84. The van der Waals surface area contributed by atoms with Crippen LogP contribution in [0.1, 0.15) is 34.3 Å². The van der Waals surface area contributed by atoms with E-state index in [1.54, 1.807) is 23.3 Å². The van der Waals surface area contributed by atoms with Crippen LogP contribution in [0.15, 0.2) is 17.5 Å². The Bertz CT molecular complexity index is 766. The molecule has 0 aliphatic carbocycles. The van der Waals surface area contributed by atoms with Gasteiger partial charge in [-0.3, -0.25) is 14.3 Å². The molecule has 1 aliphatic rings. The number of carbonyl (C=O) groups is 2. The summed E-state index contributed by atoms with van der Waals surface area (Å²) in [6, 6.07) is 3.77. The third-order valence-electron chi connectivity index (χ3n) is 4.86. The summed E-state index contributed by atoms with van der Waals surface area (Å²) >= 11 is 1.58. The standard InChI is InChI=1S/C17H22N4O2S/c1-10-13(11(2)21(4)19-10)9-18-17(23)12-8-15(22)20(3)16(12)14-6-5-7-24-14/h5-7,12,16H,8-9H2,1-4H3,(H,18,23). The number of hydrogen-bond donors (Lipinski definition) is 1. The minimum atomic E-state index is -0.349. The summed E-state index contributed by atoms with van der Waals surface area (Å²) in [5, 5.41) is 9.35. The quantitative estimate of drug-likeness (QED) is 0.920. The summed E-state index contributed by atoms with van der Waals surface area (Å²) in [7, 11) is 3.67. The van der Waals surface area contributed by atoms with Crippen molar-refractivity contribution in [3.05, 3.63) is 39.3 Å². The van der Waals surface area contributed by atoms with Gasteiger partial charge < -0.3 is 10.2 Å². The molecule has 2 atom stereocenters. The number of aryl methyl sites for hydroxylation is 2. The summed E-state index contributed by atoms with van der Waals surface area (Å²) in [4.78, 5) is 27.6. The maximum absolute atomic E-state index is 12.7. The minimum Gasteiger partial charge on any atom is -0.352 e.